The second kappa shape index (κ2) is 8.31. The fourth-order valence-corrected chi connectivity index (χ4v) is 2.67. The zero-order valence-corrected chi connectivity index (χ0v) is 13.0. The predicted molar refractivity (Wildman–Crippen MR) is 84.8 cm³/mol. The summed E-state index contributed by atoms with van der Waals surface area (Å²) >= 11 is 0. The largest absolute Gasteiger partial charge is 0.480 e. The number of carboxylic acid groups (broad SMARTS) is 1. The van der Waals surface area contributed by atoms with Gasteiger partial charge in [-0.25, -0.2) is 4.79 Å². The minimum Gasteiger partial charge on any atom is -0.480 e. The van der Waals surface area contributed by atoms with E-state index in [0.717, 1.165) is 24.8 Å². The maximum absolute atomic E-state index is 12.1. The summed E-state index contributed by atoms with van der Waals surface area (Å²) in [5.74, 6) is -1.54. The van der Waals surface area contributed by atoms with E-state index in [9.17, 15) is 19.5 Å². The van der Waals surface area contributed by atoms with Gasteiger partial charge >= 0.3 is 5.97 Å². The van der Waals surface area contributed by atoms with E-state index in [4.69, 9.17) is 0 Å². The average molecular weight is 318 g/mol. The minimum atomic E-state index is -1.08. The van der Waals surface area contributed by atoms with Crippen LogP contribution in [0.1, 0.15) is 31.2 Å². The van der Waals surface area contributed by atoms with Crippen molar-refractivity contribution < 1.29 is 19.5 Å². The van der Waals surface area contributed by atoms with Gasteiger partial charge in [-0.2, -0.15) is 0 Å². The normalized spacial score (nSPS) is 16.5. The van der Waals surface area contributed by atoms with Gasteiger partial charge in [0.2, 0.25) is 11.8 Å². The number of carbonyl (C=O) groups excluding carboxylic acids is 2. The number of carboxylic acids is 1. The van der Waals surface area contributed by atoms with Crippen LogP contribution < -0.4 is 5.32 Å². The van der Waals surface area contributed by atoms with E-state index in [0.29, 0.717) is 13.0 Å². The van der Waals surface area contributed by atoms with Crippen molar-refractivity contribution in [2.45, 2.75) is 38.1 Å². The number of benzene rings is 1. The van der Waals surface area contributed by atoms with Crippen LogP contribution in [0.4, 0.5) is 0 Å². The molecule has 6 heteroatoms. The molecule has 0 saturated carbocycles. The number of nitrogens with one attached hydrogen (secondary N) is 1. The molecular formula is C17H22N2O4. The molecule has 2 amide bonds. The monoisotopic (exact) mass is 318 g/mol. The molecule has 0 bridgehead atoms. The highest BCUT2D eigenvalue weighted by Gasteiger charge is 2.24. The fraction of sp³-hybridized carbons (Fsp3) is 0.471. The van der Waals surface area contributed by atoms with Crippen molar-refractivity contribution in [3.05, 3.63) is 35.9 Å². The Morgan fingerprint density at radius 1 is 1.17 bits per heavy atom. The molecule has 1 aliphatic rings. The molecule has 1 aromatic rings. The third-order valence-electron chi connectivity index (χ3n) is 3.92. The summed E-state index contributed by atoms with van der Waals surface area (Å²) in [7, 11) is 0. The smallest absolute Gasteiger partial charge is 0.326 e. The molecule has 2 rings (SSSR count). The van der Waals surface area contributed by atoms with Gasteiger partial charge < -0.3 is 15.3 Å². The summed E-state index contributed by atoms with van der Waals surface area (Å²) in [5, 5.41) is 11.8. The summed E-state index contributed by atoms with van der Waals surface area (Å²) in [6.07, 6.45) is 3.39. The topological polar surface area (TPSA) is 86.7 Å². The van der Waals surface area contributed by atoms with Crippen LogP contribution in [-0.4, -0.2) is 46.9 Å². The second-order valence-electron chi connectivity index (χ2n) is 5.77. The molecular weight excluding hydrogens is 296 g/mol. The summed E-state index contributed by atoms with van der Waals surface area (Å²) in [4.78, 5) is 36.9. The van der Waals surface area contributed by atoms with E-state index < -0.39 is 17.9 Å². The van der Waals surface area contributed by atoms with Crippen LogP contribution in [-0.2, 0) is 20.8 Å². The second-order valence-corrected chi connectivity index (χ2v) is 5.77. The maximum Gasteiger partial charge on any atom is 0.326 e. The van der Waals surface area contributed by atoms with E-state index in [1.54, 1.807) is 0 Å². The van der Waals surface area contributed by atoms with Crippen molar-refractivity contribution in [3.8, 4) is 0 Å². The minimum absolute atomic E-state index is 0.0346. The number of amides is 2. The highest BCUT2D eigenvalue weighted by Crippen LogP contribution is 2.11. The number of nitrogens with zero attached hydrogens (tertiary/aromatic N) is 1. The van der Waals surface area contributed by atoms with Crippen LogP contribution in [0.5, 0.6) is 0 Å². The molecule has 0 aliphatic carbocycles. The molecule has 23 heavy (non-hydrogen) atoms. The molecule has 1 aliphatic heterocycles. The van der Waals surface area contributed by atoms with Crippen LogP contribution in [0.3, 0.4) is 0 Å². The third-order valence-corrected chi connectivity index (χ3v) is 3.92. The Morgan fingerprint density at radius 3 is 2.61 bits per heavy atom. The standard InChI is InChI=1S/C17H22N2O4/c20-15(12-19-10-6-2-5-9-16(19)21)18-14(17(22)23)11-13-7-3-1-4-8-13/h1,3-4,7-8,14H,2,5-6,9-12H2,(H,18,20)(H,22,23)/t14-/m0/s1. The van der Waals surface area contributed by atoms with E-state index in [1.807, 2.05) is 30.3 Å². The Labute approximate surface area is 135 Å². The number of aliphatic carboxylic acids is 1. The number of hydrogen-bond acceptors (Lipinski definition) is 3. The van der Waals surface area contributed by atoms with Gasteiger partial charge in [-0.05, 0) is 18.4 Å². The zero-order chi connectivity index (χ0) is 16.7. The van der Waals surface area contributed by atoms with Gasteiger partial charge in [0.15, 0.2) is 0 Å². The molecule has 1 heterocycles. The highest BCUT2D eigenvalue weighted by molar-refractivity contribution is 5.88. The van der Waals surface area contributed by atoms with Gasteiger partial charge in [0.05, 0.1) is 6.54 Å². The van der Waals surface area contributed by atoms with Crippen molar-refractivity contribution in [2.24, 2.45) is 0 Å². The Morgan fingerprint density at radius 2 is 1.91 bits per heavy atom. The fourth-order valence-electron chi connectivity index (χ4n) is 2.67. The summed E-state index contributed by atoms with van der Waals surface area (Å²) < 4.78 is 0. The lowest BCUT2D eigenvalue weighted by Crippen LogP contribution is -2.47. The van der Waals surface area contributed by atoms with Gasteiger partial charge in [-0.1, -0.05) is 36.8 Å². The summed E-state index contributed by atoms with van der Waals surface area (Å²) in [6, 6.07) is 8.15. The van der Waals surface area contributed by atoms with E-state index in [1.165, 1.54) is 4.90 Å². The van der Waals surface area contributed by atoms with Gasteiger partial charge in [0.25, 0.3) is 0 Å². The van der Waals surface area contributed by atoms with Crippen LogP contribution in [0, 0.1) is 0 Å². The number of likely N-dealkylation sites (tertiary alicyclic amines) is 1. The third kappa shape index (κ3) is 5.39. The van der Waals surface area contributed by atoms with E-state index in [-0.39, 0.29) is 18.9 Å². The van der Waals surface area contributed by atoms with Crippen molar-refractivity contribution in [2.75, 3.05) is 13.1 Å². The number of rotatable bonds is 6. The van der Waals surface area contributed by atoms with Crippen molar-refractivity contribution >= 4 is 17.8 Å². The molecule has 2 N–H and O–H groups in total. The van der Waals surface area contributed by atoms with Crippen LogP contribution in [0.15, 0.2) is 30.3 Å². The van der Waals surface area contributed by atoms with Crippen molar-refractivity contribution in [3.63, 3.8) is 0 Å². The lowest BCUT2D eigenvalue weighted by Gasteiger charge is -2.21. The highest BCUT2D eigenvalue weighted by atomic mass is 16.4. The molecule has 6 nitrogen and oxygen atoms in total. The SMILES string of the molecule is O=C(CN1CCCCCC1=O)N[C@@H](Cc1ccccc1)C(=O)O. The first-order chi connectivity index (χ1) is 11.1. The van der Waals surface area contributed by atoms with Crippen LogP contribution >= 0.6 is 0 Å². The van der Waals surface area contributed by atoms with Crippen molar-refractivity contribution in [1.29, 1.82) is 0 Å². The van der Waals surface area contributed by atoms with Gasteiger partial charge in [0.1, 0.15) is 6.04 Å². The number of hydrogen-bond donors (Lipinski definition) is 2. The van der Waals surface area contributed by atoms with Gasteiger partial charge in [-0.15, -0.1) is 0 Å². The predicted octanol–water partition coefficient (Wildman–Crippen LogP) is 1.20. The Kier molecular flexibility index (Phi) is 6.14. The first-order valence-corrected chi connectivity index (χ1v) is 7.90. The van der Waals surface area contributed by atoms with Gasteiger partial charge in [0, 0.05) is 19.4 Å². The summed E-state index contributed by atoms with van der Waals surface area (Å²) in [6.45, 7) is 0.486. The Bertz CT molecular complexity index is 559. The molecule has 0 spiro atoms. The molecule has 1 aromatic carbocycles. The van der Waals surface area contributed by atoms with Crippen LogP contribution in [0.25, 0.3) is 0 Å². The first-order valence-electron chi connectivity index (χ1n) is 7.90. The first kappa shape index (κ1) is 17.0. The molecule has 124 valence electrons. The van der Waals surface area contributed by atoms with Crippen molar-refractivity contribution in [1.82, 2.24) is 10.2 Å². The molecule has 1 atom stereocenters. The Balaban J connectivity index is 1.92. The van der Waals surface area contributed by atoms with Gasteiger partial charge in [-0.3, -0.25) is 9.59 Å². The molecule has 0 radical (unpaired) electrons. The summed E-state index contributed by atoms with van der Waals surface area (Å²) in [5.41, 5.74) is 0.839. The molecule has 0 aromatic heterocycles. The molecule has 1 fully saturated rings. The quantitative estimate of drug-likeness (QED) is 0.825. The Hall–Kier alpha value is -2.37. The maximum atomic E-state index is 12.1. The van der Waals surface area contributed by atoms with E-state index in [2.05, 4.69) is 5.32 Å². The lowest BCUT2D eigenvalue weighted by molar-refractivity contribution is -0.142. The van der Waals surface area contributed by atoms with Crippen LogP contribution in [0.2, 0.25) is 0 Å². The molecule has 0 unspecified atom stereocenters. The number of carbonyl (C=O) groups is 3. The zero-order valence-electron chi connectivity index (χ0n) is 13.0. The molecule has 1 saturated heterocycles. The average Bonchev–Trinajstić information content (AvgIpc) is 2.72. The lowest BCUT2D eigenvalue weighted by atomic mass is 10.1. The van der Waals surface area contributed by atoms with E-state index >= 15 is 0 Å².